The lowest BCUT2D eigenvalue weighted by molar-refractivity contribution is 0.00916. The molecule has 18 heavy (non-hydrogen) atoms. The van der Waals surface area contributed by atoms with E-state index in [9.17, 15) is 8.78 Å². The van der Waals surface area contributed by atoms with Crippen molar-refractivity contribution in [3.8, 4) is 5.75 Å². The number of alkyl halides is 2. The van der Waals surface area contributed by atoms with E-state index in [0.717, 1.165) is 17.9 Å². The smallest absolute Gasteiger partial charge is 0.261 e. The Morgan fingerprint density at radius 1 is 1.22 bits per heavy atom. The van der Waals surface area contributed by atoms with Crippen LogP contribution >= 0.6 is 0 Å². The predicted octanol–water partition coefficient (Wildman–Crippen LogP) is 2.63. The van der Waals surface area contributed by atoms with Gasteiger partial charge in [0.25, 0.3) is 6.43 Å². The Hall–Kier alpha value is -1.20. The minimum atomic E-state index is -2.44. The number of para-hydroxylation sites is 1. The van der Waals surface area contributed by atoms with Crippen LogP contribution in [0.4, 0.5) is 8.78 Å². The second-order valence-electron chi connectivity index (χ2n) is 3.78. The lowest BCUT2D eigenvalue weighted by Gasteiger charge is -2.20. The van der Waals surface area contributed by atoms with E-state index in [1.165, 1.54) is 0 Å². The third-order valence-corrected chi connectivity index (χ3v) is 2.49. The van der Waals surface area contributed by atoms with Gasteiger partial charge >= 0.3 is 0 Å². The number of methoxy groups -OCH3 is 1. The lowest BCUT2D eigenvalue weighted by atomic mass is 10.1. The highest BCUT2D eigenvalue weighted by Gasteiger charge is 2.15. The summed E-state index contributed by atoms with van der Waals surface area (Å²) in [6, 6.07) is 7.34. The van der Waals surface area contributed by atoms with Crippen molar-refractivity contribution in [3.05, 3.63) is 29.8 Å². The zero-order valence-corrected chi connectivity index (χ0v) is 10.7. The first-order valence-electron chi connectivity index (χ1n) is 5.91. The van der Waals surface area contributed by atoms with E-state index < -0.39 is 13.0 Å². The first kappa shape index (κ1) is 14.9. The highest BCUT2D eigenvalue weighted by Crippen LogP contribution is 2.25. The van der Waals surface area contributed by atoms with Crippen molar-refractivity contribution in [3.63, 3.8) is 0 Å². The van der Waals surface area contributed by atoms with Crippen LogP contribution in [0.1, 0.15) is 18.5 Å². The fourth-order valence-corrected chi connectivity index (χ4v) is 1.73. The van der Waals surface area contributed by atoms with Gasteiger partial charge in [0.2, 0.25) is 0 Å². The zero-order chi connectivity index (χ0) is 13.4. The van der Waals surface area contributed by atoms with Crippen molar-refractivity contribution < 1.29 is 18.3 Å². The molecule has 0 saturated heterocycles. The molecule has 5 heteroatoms. The van der Waals surface area contributed by atoms with E-state index in [1.807, 2.05) is 31.2 Å². The molecular formula is C13H19F2NO2. The van der Waals surface area contributed by atoms with Crippen LogP contribution in [0.3, 0.4) is 0 Å². The third kappa shape index (κ3) is 4.58. The topological polar surface area (TPSA) is 30.5 Å². The molecule has 1 N–H and O–H groups in total. The molecule has 1 rings (SSSR count). The first-order valence-corrected chi connectivity index (χ1v) is 5.91. The van der Waals surface area contributed by atoms with E-state index in [4.69, 9.17) is 9.47 Å². The largest absolute Gasteiger partial charge is 0.496 e. The molecule has 0 aliphatic rings. The number of rotatable bonds is 8. The van der Waals surface area contributed by atoms with Crippen LogP contribution < -0.4 is 10.1 Å². The average molecular weight is 259 g/mol. The Morgan fingerprint density at radius 3 is 2.56 bits per heavy atom. The lowest BCUT2D eigenvalue weighted by Crippen LogP contribution is -2.26. The predicted molar refractivity (Wildman–Crippen MR) is 66.2 cm³/mol. The normalized spacial score (nSPS) is 12.7. The maximum Gasteiger partial charge on any atom is 0.261 e. The van der Waals surface area contributed by atoms with Crippen molar-refractivity contribution in [2.45, 2.75) is 19.4 Å². The van der Waals surface area contributed by atoms with Gasteiger partial charge in [0.15, 0.2) is 0 Å². The number of ether oxygens (including phenoxy) is 2. The van der Waals surface area contributed by atoms with Crippen molar-refractivity contribution >= 4 is 0 Å². The number of likely N-dealkylation sites (N-methyl/N-ethyl adjacent to an activating group) is 1. The van der Waals surface area contributed by atoms with Crippen LogP contribution in [0.25, 0.3) is 0 Å². The van der Waals surface area contributed by atoms with Gasteiger partial charge in [-0.1, -0.05) is 25.1 Å². The van der Waals surface area contributed by atoms with Crippen molar-refractivity contribution in [1.29, 1.82) is 0 Å². The molecule has 3 nitrogen and oxygen atoms in total. The molecule has 102 valence electrons. The van der Waals surface area contributed by atoms with Gasteiger partial charge < -0.3 is 14.8 Å². The molecule has 0 radical (unpaired) electrons. The molecule has 0 saturated carbocycles. The van der Waals surface area contributed by atoms with Gasteiger partial charge in [-0.25, -0.2) is 8.78 Å². The summed E-state index contributed by atoms with van der Waals surface area (Å²) in [7, 11) is 1.59. The SMILES string of the molecule is CCNC(COCC(F)F)c1ccccc1OC. The van der Waals surface area contributed by atoms with Gasteiger partial charge in [0, 0.05) is 5.56 Å². The van der Waals surface area contributed by atoms with Crippen molar-refractivity contribution in [2.75, 3.05) is 26.9 Å². The molecular weight excluding hydrogens is 240 g/mol. The molecule has 0 aromatic heterocycles. The van der Waals surface area contributed by atoms with Crippen molar-refractivity contribution in [1.82, 2.24) is 5.32 Å². The fourth-order valence-electron chi connectivity index (χ4n) is 1.73. The van der Waals surface area contributed by atoms with Crippen LogP contribution in [0, 0.1) is 0 Å². The highest BCUT2D eigenvalue weighted by atomic mass is 19.3. The van der Waals surface area contributed by atoms with Gasteiger partial charge in [-0.3, -0.25) is 0 Å². The Balaban J connectivity index is 2.70. The Labute approximate surface area is 106 Å². The van der Waals surface area contributed by atoms with Gasteiger partial charge in [-0.05, 0) is 12.6 Å². The van der Waals surface area contributed by atoms with Crippen LogP contribution in [-0.2, 0) is 4.74 Å². The molecule has 1 atom stereocenters. The van der Waals surface area contributed by atoms with E-state index in [1.54, 1.807) is 7.11 Å². The molecule has 0 fully saturated rings. The summed E-state index contributed by atoms with van der Waals surface area (Å²) >= 11 is 0. The van der Waals surface area contributed by atoms with Gasteiger partial charge in [0.1, 0.15) is 12.4 Å². The number of benzene rings is 1. The Bertz CT molecular complexity index is 348. The summed E-state index contributed by atoms with van der Waals surface area (Å²) in [6.07, 6.45) is -2.44. The number of hydrogen-bond acceptors (Lipinski definition) is 3. The number of hydrogen-bond donors (Lipinski definition) is 1. The Morgan fingerprint density at radius 2 is 1.94 bits per heavy atom. The molecule has 0 heterocycles. The molecule has 1 unspecified atom stereocenters. The average Bonchev–Trinajstić information content (AvgIpc) is 2.37. The minimum absolute atomic E-state index is 0.148. The molecule has 1 aromatic carbocycles. The molecule has 0 spiro atoms. The summed E-state index contributed by atoms with van der Waals surface area (Å²) in [6.45, 7) is 2.33. The summed E-state index contributed by atoms with van der Waals surface area (Å²) < 4.78 is 34.3. The summed E-state index contributed by atoms with van der Waals surface area (Å²) in [5, 5.41) is 3.20. The monoisotopic (exact) mass is 259 g/mol. The molecule has 0 aliphatic carbocycles. The molecule has 1 aromatic rings. The van der Waals surface area contributed by atoms with Crippen LogP contribution in [0.2, 0.25) is 0 Å². The van der Waals surface area contributed by atoms with E-state index >= 15 is 0 Å². The summed E-state index contributed by atoms with van der Waals surface area (Å²) in [5.74, 6) is 0.726. The number of halogens is 2. The Kier molecular flexibility index (Phi) is 6.60. The van der Waals surface area contributed by atoms with E-state index in [-0.39, 0.29) is 12.6 Å². The number of nitrogens with one attached hydrogen (secondary N) is 1. The molecule has 0 amide bonds. The quantitative estimate of drug-likeness (QED) is 0.778. The van der Waals surface area contributed by atoms with Gasteiger partial charge in [0.05, 0.1) is 19.8 Å². The molecule has 0 bridgehead atoms. The maximum absolute atomic E-state index is 12.0. The fraction of sp³-hybridized carbons (Fsp3) is 0.538. The minimum Gasteiger partial charge on any atom is -0.496 e. The molecule has 0 aliphatic heterocycles. The third-order valence-electron chi connectivity index (χ3n) is 2.49. The van der Waals surface area contributed by atoms with E-state index in [0.29, 0.717) is 0 Å². The zero-order valence-electron chi connectivity index (χ0n) is 10.7. The standard InChI is InChI=1S/C13H19F2NO2/c1-3-16-11(8-18-9-13(14)15)10-6-4-5-7-12(10)17-2/h4-7,11,13,16H,3,8-9H2,1-2H3. The summed E-state index contributed by atoms with van der Waals surface area (Å²) in [5.41, 5.74) is 0.913. The highest BCUT2D eigenvalue weighted by molar-refractivity contribution is 5.35. The van der Waals surface area contributed by atoms with Crippen LogP contribution in [-0.4, -0.2) is 33.3 Å². The van der Waals surface area contributed by atoms with Crippen LogP contribution in [0.15, 0.2) is 24.3 Å². The second kappa shape index (κ2) is 8.00. The van der Waals surface area contributed by atoms with Gasteiger partial charge in [-0.15, -0.1) is 0 Å². The maximum atomic E-state index is 12.0. The van der Waals surface area contributed by atoms with E-state index in [2.05, 4.69) is 5.32 Å². The second-order valence-corrected chi connectivity index (χ2v) is 3.78. The first-order chi connectivity index (χ1) is 8.69. The van der Waals surface area contributed by atoms with Crippen molar-refractivity contribution in [2.24, 2.45) is 0 Å². The van der Waals surface area contributed by atoms with Crippen LogP contribution in [0.5, 0.6) is 5.75 Å². The van der Waals surface area contributed by atoms with Gasteiger partial charge in [-0.2, -0.15) is 0 Å². The summed E-state index contributed by atoms with van der Waals surface area (Å²) in [4.78, 5) is 0.